The van der Waals surface area contributed by atoms with Gasteiger partial charge in [-0.2, -0.15) is 4.98 Å². The fourth-order valence-corrected chi connectivity index (χ4v) is 2.28. The van der Waals surface area contributed by atoms with Crippen LogP contribution in [0.15, 0.2) is 28.9 Å². The molecule has 0 bridgehead atoms. The molecule has 0 spiro atoms. The zero-order chi connectivity index (χ0) is 11.7. The molecule has 5 heteroatoms. The largest absolute Gasteiger partial charge is 0.339 e. The fraction of sp³-hybridized carbons (Fsp3) is 0.417. The van der Waals surface area contributed by atoms with E-state index in [2.05, 4.69) is 15.1 Å². The minimum atomic E-state index is 0.145. The molecule has 2 heterocycles. The van der Waals surface area contributed by atoms with E-state index in [4.69, 9.17) is 10.3 Å². The molecule has 1 fully saturated rings. The Kier molecular flexibility index (Phi) is 2.60. The molecular weight excluding hydrogens is 216 g/mol. The van der Waals surface area contributed by atoms with E-state index in [1.165, 1.54) is 0 Å². The van der Waals surface area contributed by atoms with Crippen LogP contribution in [0.2, 0.25) is 0 Å². The number of nitrogens with zero attached hydrogens (tertiary/aromatic N) is 3. The van der Waals surface area contributed by atoms with Crippen molar-refractivity contribution in [3.05, 3.63) is 30.3 Å². The second kappa shape index (κ2) is 4.25. The molecule has 1 saturated carbocycles. The van der Waals surface area contributed by atoms with Crippen LogP contribution < -0.4 is 5.73 Å². The molecule has 2 aromatic heterocycles. The third-order valence-corrected chi connectivity index (χ3v) is 3.22. The first-order chi connectivity index (χ1) is 8.34. The molecule has 0 aliphatic heterocycles. The van der Waals surface area contributed by atoms with Gasteiger partial charge in [-0.3, -0.25) is 4.98 Å². The third kappa shape index (κ3) is 1.93. The number of nitrogens with two attached hydrogens (primary N) is 1. The summed E-state index contributed by atoms with van der Waals surface area (Å²) in [5, 5.41) is 3.96. The Morgan fingerprint density at radius 3 is 2.94 bits per heavy atom. The van der Waals surface area contributed by atoms with Crippen molar-refractivity contribution in [3.8, 4) is 11.5 Å². The minimum absolute atomic E-state index is 0.145. The lowest BCUT2D eigenvalue weighted by Crippen LogP contribution is -2.22. The van der Waals surface area contributed by atoms with Crippen LogP contribution in [0.3, 0.4) is 0 Å². The van der Waals surface area contributed by atoms with Gasteiger partial charge in [-0.15, -0.1) is 0 Å². The first-order valence-corrected chi connectivity index (χ1v) is 5.85. The summed E-state index contributed by atoms with van der Waals surface area (Å²) in [6, 6.07) is 5.77. The van der Waals surface area contributed by atoms with Crippen LogP contribution in [0.25, 0.3) is 11.5 Å². The maximum atomic E-state index is 6.02. The topological polar surface area (TPSA) is 77.8 Å². The summed E-state index contributed by atoms with van der Waals surface area (Å²) in [7, 11) is 0. The van der Waals surface area contributed by atoms with Gasteiger partial charge in [0.15, 0.2) is 0 Å². The van der Waals surface area contributed by atoms with Gasteiger partial charge in [0, 0.05) is 12.2 Å². The number of pyridine rings is 1. The summed E-state index contributed by atoms with van der Waals surface area (Å²) in [5.41, 5.74) is 6.75. The molecule has 5 nitrogen and oxygen atoms in total. The zero-order valence-electron chi connectivity index (χ0n) is 9.41. The highest BCUT2D eigenvalue weighted by molar-refractivity contribution is 5.47. The van der Waals surface area contributed by atoms with Crippen molar-refractivity contribution in [3.63, 3.8) is 0 Å². The van der Waals surface area contributed by atoms with Gasteiger partial charge >= 0.3 is 0 Å². The molecule has 2 N–H and O–H groups in total. The summed E-state index contributed by atoms with van der Waals surface area (Å²) in [6.07, 6.45) is 4.91. The highest BCUT2D eigenvalue weighted by atomic mass is 16.5. The second-order valence-electron chi connectivity index (χ2n) is 4.37. The van der Waals surface area contributed by atoms with Crippen LogP contribution in [-0.4, -0.2) is 21.2 Å². The van der Waals surface area contributed by atoms with Crippen molar-refractivity contribution in [2.75, 3.05) is 0 Å². The summed E-state index contributed by atoms with van der Waals surface area (Å²) in [5.74, 6) is 1.40. The van der Waals surface area contributed by atoms with Gasteiger partial charge in [-0.05, 0) is 25.0 Å². The number of hydrogen-bond acceptors (Lipinski definition) is 5. The van der Waals surface area contributed by atoms with Crippen LogP contribution in [0, 0.1) is 0 Å². The van der Waals surface area contributed by atoms with Gasteiger partial charge in [-0.1, -0.05) is 17.6 Å². The smallest absolute Gasteiger partial charge is 0.231 e. The lowest BCUT2D eigenvalue weighted by Gasteiger charge is -2.08. The molecule has 1 aliphatic rings. The molecule has 17 heavy (non-hydrogen) atoms. The average Bonchev–Trinajstić information content (AvgIpc) is 2.98. The van der Waals surface area contributed by atoms with Gasteiger partial charge in [-0.25, -0.2) is 0 Å². The first kappa shape index (κ1) is 10.4. The van der Waals surface area contributed by atoms with Gasteiger partial charge in [0.2, 0.25) is 11.7 Å². The zero-order valence-corrected chi connectivity index (χ0v) is 9.41. The normalized spacial score (nSPS) is 24.1. The van der Waals surface area contributed by atoms with E-state index < -0.39 is 0 Å². The molecule has 3 rings (SSSR count). The van der Waals surface area contributed by atoms with Crippen LogP contribution in [0.5, 0.6) is 0 Å². The Morgan fingerprint density at radius 1 is 1.29 bits per heavy atom. The molecule has 1 aliphatic carbocycles. The van der Waals surface area contributed by atoms with Crippen molar-refractivity contribution in [2.45, 2.75) is 31.2 Å². The SMILES string of the molecule is N[C@@H]1CCC[C@@H]1c1nc(-c2ccccn2)no1. The van der Waals surface area contributed by atoms with E-state index in [0.29, 0.717) is 11.7 Å². The van der Waals surface area contributed by atoms with Crippen molar-refractivity contribution in [1.82, 2.24) is 15.1 Å². The first-order valence-electron chi connectivity index (χ1n) is 5.85. The molecule has 2 atom stereocenters. The van der Waals surface area contributed by atoms with Gasteiger partial charge in [0.05, 0.1) is 5.92 Å². The molecule has 0 unspecified atom stereocenters. The quantitative estimate of drug-likeness (QED) is 0.850. The molecule has 0 saturated heterocycles. The second-order valence-corrected chi connectivity index (χ2v) is 4.37. The van der Waals surface area contributed by atoms with Crippen LogP contribution >= 0.6 is 0 Å². The summed E-state index contributed by atoms with van der Waals surface area (Å²) in [6.45, 7) is 0. The Balaban J connectivity index is 1.88. The molecule has 0 amide bonds. The van der Waals surface area contributed by atoms with Crippen molar-refractivity contribution in [2.24, 2.45) is 5.73 Å². The predicted octanol–water partition coefficient (Wildman–Crippen LogP) is 1.73. The standard InChI is InChI=1S/C12H14N4O/c13-9-5-3-4-8(9)12-15-11(16-17-12)10-6-1-2-7-14-10/h1-2,6-9H,3-5,13H2/t8-,9+/m0/s1. The minimum Gasteiger partial charge on any atom is -0.339 e. The molecule has 0 radical (unpaired) electrons. The fourth-order valence-electron chi connectivity index (χ4n) is 2.28. The summed E-state index contributed by atoms with van der Waals surface area (Å²) in [4.78, 5) is 8.58. The lowest BCUT2D eigenvalue weighted by atomic mass is 10.1. The Bertz CT molecular complexity index is 496. The van der Waals surface area contributed by atoms with Crippen molar-refractivity contribution >= 4 is 0 Å². The lowest BCUT2D eigenvalue weighted by molar-refractivity contribution is 0.345. The number of hydrogen-bond donors (Lipinski definition) is 1. The predicted molar refractivity (Wildman–Crippen MR) is 62.1 cm³/mol. The average molecular weight is 230 g/mol. The Hall–Kier alpha value is -1.75. The molecular formula is C12H14N4O. The molecule has 2 aromatic rings. The highest BCUT2D eigenvalue weighted by Crippen LogP contribution is 2.32. The molecule has 88 valence electrons. The highest BCUT2D eigenvalue weighted by Gasteiger charge is 2.30. The van der Waals surface area contributed by atoms with Crippen LogP contribution in [0.4, 0.5) is 0 Å². The maximum absolute atomic E-state index is 6.02. The van der Waals surface area contributed by atoms with E-state index in [0.717, 1.165) is 25.0 Å². The molecule has 0 aromatic carbocycles. The van der Waals surface area contributed by atoms with Crippen LogP contribution in [0.1, 0.15) is 31.1 Å². The van der Waals surface area contributed by atoms with Crippen molar-refractivity contribution < 1.29 is 4.52 Å². The van der Waals surface area contributed by atoms with Crippen LogP contribution in [-0.2, 0) is 0 Å². The summed E-state index contributed by atoms with van der Waals surface area (Å²) < 4.78 is 5.29. The van der Waals surface area contributed by atoms with Gasteiger partial charge in [0.1, 0.15) is 5.69 Å². The van der Waals surface area contributed by atoms with Crippen molar-refractivity contribution in [1.29, 1.82) is 0 Å². The van der Waals surface area contributed by atoms with E-state index in [1.54, 1.807) is 6.20 Å². The van der Waals surface area contributed by atoms with E-state index in [1.807, 2.05) is 18.2 Å². The van der Waals surface area contributed by atoms with Gasteiger partial charge in [0.25, 0.3) is 0 Å². The monoisotopic (exact) mass is 230 g/mol. The maximum Gasteiger partial charge on any atom is 0.231 e. The van der Waals surface area contributed by atoms with E-state index in [9.17, 15) is 0 Å². The third-order valence-electron chi connectivity index (χ3n) is 3.22. The van der Waals surface area contributed by atoms with E-state index >= 15 is 0 Å². The number of rotatable bonds is 2. The number of aromatic nitrogens is 3. The van der Waals surface area contributed by atoms with Gasteiger partial charge < -0.3 is 10.3 Å². The Morgan fingerprint density at radius 2 is 2.24 bits per heavy atom. The summed E-state index contributed by atoms with van der Waals surface area (Å²) >= 11 is 0. The Labute approximate surface area is 99.1 Å². The van der Waals surface area contributed by atoms with E-state index in [-0.39, 0.29) is 12.0 Å².